The highest BCUT2D eigenvalue weighted by molar-refractivity contribution is 5.71. The van der Waals surface area contributed by atoms with E-state index in [0.29, 0.717) is 30.9 Å². The Balaban J connectivity index is 2.29. The van der Waals surface area contributed by atoms with Crippen LogP contribution in [0.1, 0.15) is 31.2 Å². The third-order valence-electron chi connectivity index (χ3n) is 3.23. The molecule has 7 nitrogen and oxygen atoms in total. The van der Waals surface area contributed by atoms with E-state index in [1.807, 2.05) is 0 Å². The Morgan fingerprint density at radius 3 is 2.57 bits per heavy atom. The van der Waals surface area contributed by atoms with E-state index >= 15 is 0 Å². The molecule has 1 aromatic carbocycles. The molecule has 0 aliphatic rings. The van der Waals surface area contributed by atoms with Gasteiger partial charge in [0, 0.05) is 18.5 Å². The van der Waals surface area contributed by atoms with Crippen LogP contribution in [0.4, 0.5) is 4.79 Å². The Labute approximate surface area is 136 Å². The first-order valence-corrected chi connectivity index (χ1v) is 7.46. The molecule has 1 aromatic rings. The predicted octanol–water partition coefficient (Wildman–Crippen LogP) is 1.98. The van der Waals surface area contributed by atoms with Crippen LogP contribution in [0.15, 0.2) is 18.2 Å². The van der Waals surface area contributed by atoms with Gasteiger partial charge in [0.05, 0.1) is 14.2 Å². The van der Waals surface area contributed by atoms with Gasteiger partial charge in [-0.25, -0.2) is 4.79 Å². The normalized spacial score (nSPS) is 10.0. The second-order valence-corrected chi connectivity index (χ2v) is 4.94. The van der Waals surface area contributed by atoms with E-state index in [0.717, 1.165) is 18.4 Å². The van der Waals surface area contributed by atoms with Crippen LogP contribution in [-0.2, 0) is 16.1 Å². The quantitative estimate of drug-likeness (QED) is 0.506. The molecule has 23 heavy (non-hydrogen) atoms. The average Bonchev–Trinajstić information content (AvgIpc) is 2.55. The maximum atomic E-state index is 11.7. The van der Waals surface area contributed by atoms with Crippen molar-refractivity contribution in [3.05, 3.63) is 23.8 Å². The van der Waals surface area contributed by atoms with Crippen molar-refractivity contribution in [2.75, 3.05) is 20.8 Å². The Morgan fingerprint density at radius 2 is 1.91 bits per heavy atom. The van der Waals surface area contributed by atoms with Crippen molar-refractivity contribution in [1.82, 2.24) is 5.32 Å². The third kappa shape index (κ3) is 7.39. The zero-order chi connectivity index (χ0) is 17.1. The van der Waals surface area contributed by atoms with E-state index in [9.17, 15) is 9.59 Å². The summed E-state index contributed by atoms with van der Waals surface area (Å²) in [5, 5.41) is 2.50. The fourth-order valence-electron chi connectivity index (χ4n) is 2.01. The molecule has 128 valence electrons. The third-order valence-corrected chi connectivity index (χ3v) is 3.23. The summed E-state index contributed by atoms with van der Waals surface area (Å²) in [5.74, 6) is 1.06. The van der Waals surface area contributed by atoms with Gasteiger partial charge in [0.25, 0.3) is 0 Å². The lowest BCUT2D eigenvalue weighted by atomic mass is 10.2. The number of carbonyl (C=O) groups excluding carboxylic acids is 2. The lowest BCUT2D eigenvalue weighted by Gasteiger charge is -2.11. The molecule has 0 aliphatic heterocycles. The Bertz CT molecular complexity index is 519. The number of carbonyl (C=O) groups is 2. The van der Waals surface area contributed by atoms with Crippen LogP contribution >= 0.6 is 0 Å². The topological polar surface area (TPSA) is 99.9 Å². The minimum atomic E-state index is -0.531. The van der Waals surface area contributed by atoms with Crippen molar-refractivity contribution in [3.8, 4) is 11.5 Å². The summed E-state index contributed by atoms with van der Waals surface area (Å²) in [6.07, 6.45) is 2.63. The van der Waals surface area contributed by atoms with Crippen LogP contribution in [0.3, 0.4) is 0 Å². The summed E-state index contributed by atoms with van der Waals surface area (Å²) in [6, 6.07) is 4.80. The van der Waals surface area contributed by atoms with Gasteiger partial charge in [-0.3, -0.25) is 4.79 Å². The first kappa shape index (κ1) is 18.6. The van der Waals surface area contributed by atoms with Gasteiger partial charge in [-0.1, -0.05) is 6.42 Å². The van der Waals surface area contributed by atoms with Crippen molar-refractivity contribution in [3.63, 3.8) is 0 Å². The number of nitrogens with two attached hydrogens (primary N) is 1. The number of methoxy groups -OCH3 is 2. The molecule has 7 heteroatoms. The van der Waals surface area contributed by atoms with Gasteiger partial charge in [-0.2, -0.15) is 0 Å². The van der Waals surface area contributed by atoms with Gasteiger partial charge in [-0.15, -0.1) is 0 Å². The predicted molar refractivity (Wildman–Crippen MR) is 85.4 cm³/mol. The second kappa shape index (κ2) is 10.3. The monoisotopic (exact) mass is 324 g/mol. The summed E-state index contributed by atoms with van der Waals surface area (Å²) in [4.78, 5) is 22.2. The van der Waals surface area contributed by atoms with E-state index in [2.05, 4.69) is 5.32 Å². The number of esters is 1. The van der Waals surface area contributed by atoms with Gasteiger partial charge >= 0.3 is 12.0 Å². The van der Waals surface area contributed by atoms with Crippen LogP contribution in [0.25, 0.3) is 0 Å². The summed E-state index contributed by atoms with van der Waals surface area (Å²) in [6.45, 7) is 0.661. The highest BCUT2D eigenvalue weighted by Crippen LogP contribution is 2.24. The van der Waals surface area contributed by atoms with Crippen molar-refractivity contribution in [2.45, 2.75) is 32.3 Å². The molecule has 0 bridgehead atoms. The minimum absolute atomic E-state index is 0.141. The first-order chi connectivity index (χ1) is 11.1. The van der Waals surface area contributed by atoms with E-state index in [-0.39, 0.29) is 12.6 Å². The lowest BCUT2D eigenvalue weighted by Crippen LogP contribution is -2.29. The largest absolute Gasteiger partial charge is 0.497 e. The Kier molecular flexibility index (Phi) is 8.34. The minimum Gasteiger partial charge on any atom is -0.497 e. The number of hydrogen-bond acceptors (Lipinski definition) is 5. The van der Waals surface area contributed by atoms with Crippen molar-refractivity contribution >= 4 is 12.0 Å². The molecule has 0 aromatic heterocycles. The number of ether oxygens (including phenoxy) is 3. The summed E-state index contributed by atoms with van der Waals surface area (Å²) < 4.78 is 15.6. The molecule has 0 unspecified atom stereocenters. The molecule has 0 aliphatic carbocycles. The maximum absolute atomic E-state index is 11.7. The van der Waals surface area contributed by atoms with Gasteiger partial charge < -0.3 is 25.3 Å². The Morgan fingerprint density at radius 1 is 1.13 bits per heavy atom. The number of amides is 2. The fraction of sp³-hybridized carbons (Fsp3) is 0.500. The van der Waals surface area contributed by atoms with Gasteiger partial charge in [-0.05, 0) is 31.0 Å². The number of hydrogen-bond donors (Lipinski definition) is 2. The number of primary amides is 1. The molecule has 0 saturated carbocycles. The van der Waals surface area contributed by atoms with E-state index in [4.69, 9.17) is 19.9 Å². The van der Waals surface area contributed by atoms with Crippen LogP contribution in [-0.4, -0.2) is 32.8 Å². The zero-order valence-electron chi connectivity index (χ0n) is 13.6. The van der Waals surface area contributed by atoms with Crippen LogP contribution < -0.4 is 20.5 Å². The van der Waals surface area contributed by atoms with E-state index < -0.39 is 6.03 Å². The number of benzene rings is 1. The molecule has 1 rings (SSSR count). The second-order valence-electron chi connectivity index (χ2n) is 4.94. The standard InChI is InChI=1S/C16H24N2O5/c1-21-13-7-8-14(22-2)12(10-13)11-23-15(19)6-4-3-5-9-18-16(17)20/h7-8,10H,3-6,9,11H2,1-2H3,(H3,17,18,20). The molecule has 0 fully saturated rings. The maximum Gasteiger partial charge on any atom is 0.312 e. The van der Waals surface area contributed by atoms with Crippen LogP contribution in [0, 0.1) is 0 Å². The van der Waals surface area contributed by atoms with Crippen molar-refractivity contribution in [1.29, 1.82) is 0 Å². The molecular weight excluding hydrogens is 300 g/mol. The fourth-order valence-corrected chi connectivity index (χ4v) is 2.01. The number of urea groups is 1. The molecular formula is C16H24N2O5. The zero-order valence-corrected chi connectivity index (χ0v) is 13.6. The molecule has 0 atom stereocenters. The number of rotatable bonds is 10. The summed E-state index contributed by atoms with van der Waals surface area (Å²) >= 11 is 0. The van der Waals surface area contributed by atoms with Gasteiger partial charge in [0.2, 0.25) is 0 Å². The first-order valence-electron chi connectivity index (χ1n) is 7.46. The smallest absolute Gasteiger partial charge is 0.312 e. The van der Waals surface area contributed by atoms with Crippen molar-refractivity contribution in [2.24, 2.45) is 5.73 Å². The molecule has 0 heterocycles. The van der Waals surface area contributed by atoms with E-state index in [1.165, 1.54) is 0 Å². The highest BCUT2D eigenvalue weighted by atomic mass is 16.5. The van der Waals surface area contributed by atoms with E-state index in [1.54, 1.807) is 32.4 Å². The number of unbranched alkanes of at least 4 members (excludes halogenated alkanes) is 2. The molecule has 2 amide bonds. The van der Waals surface area contributed by atoms with Crippen molar-refractivity contribution < 1.29 is 23.8 Å². The highest BCUT2D eigenvalue weighted by Gasteiger charge is 2.09. The van der Waals surface area contributed by atoms with Crippen LogP contribution in [0.5, 0.6) is 11.5 Å². The SMILES string of the molecule is COc1ccc(OC)c(COC(=O)CCCCCNC(N)=O)c1. The molecule has 3 N–H and O–H groups in total. The van der Waals surface area contributed by atoms with Crippen LogP contribution in [0.2, 0.25) is 0 Å². The summed E-state index contributed by atoms with van der Waals surface area (Å²) in [5.41, 5.74) is 5.71. The average molecular weight is 324 g/mol. The molecule has 0 saturated heterocycles. The van der Waals surface area contributed by atoms with Gasteiger partial charge in [0.1, 0.15) is 18.1 Å². The van der Waals surface area contributed by atoms with Gasteiger partial charge in [0.15, 0.2) is 0 Å². The lowest BCUT2D eigenvalue weighted by molar-refractivity contribution is -0.145. The molecule has 0 radical (unpaired) electrons. The number of nitrogens with one attached hydrogen (secondary N) is 1. The Hall–Kier alpha value is -2.44. The molecule has 0 spiro atoms. The summed E-state index contributed by atoms with van der Waals surface area (Å²) in [7, 11) is 3.14.